The molecule has 1 rings (SSSR count). The highest BCUT2D eigenvalue weighted by Crippen LogP contribution is 2.01. The zero-order valence-electron chi connectivity index (χ0n) is 6.30. The SMILES string of the molecule is C=CCCNC1=CC(=O)OC1. The van der Waals surface area contributed by atoms with Crippen LogP contribution in [0.15, 0.2) is 24.4 Å². The maximum absolute atomic E-state index is 10.5. The highest BCUT2D eigenvalue weighted by atomic mass is 16.5. The van der Waals surface area contributed by atoms with Crippen molar-refractivity contribution in [1.82, 2.24) is 5.32 Å². The van der Waals surface area contributed by atoms with Crippen molar-refractivity contribution < 1.29 is 9.53 Å². The lowest BCUT2D eigenvalue weighted by Gasteiger charge is -2.01. The fourth-order valence-corrected chi connectivity index (χ4v) is 0.811. The molecule has 0 atom stereocenters. The third-order valence-electron chi connectivity index (χ3n) is 1.36. The predicted molar refractivity (Wildman–Crippen MR) is 41.9 cm³/mol. The van der Waals surface area contributed by atoms with E-state index in [2.05, 4.69) is 16.6 Å². The molecule has 0 aliphatic carbocycles. The molecule has 0 radical (unpaired) electrons. The predicted octanol–water partition coefficient (Wildman–Crippen LogP) is 0.593. The second kappa shape index (κ2) is 3.81. The maximum Gasteiger partial charge on any atom is 0.333 e. The van der Waals surface area contributed by atoms with E-state index in [-0.39, 0.29) is 5.97 Å². The van der Waals surface area contributed by atoms with Gasteiger partial charge in [-0.25, -0.2) is 4.79 Å². The van der Waals surface area contributed by atoms with Gasteiger partial charge in [0.2, 0.25) is 0 Å². The summed E-state index contributed by atoms with van der Waals surface area (Å²) in [5.41, 5.74) is 0.858. The Morgan fingerprint density at radius 3 is 3.18 bits per heavy atom. The topological polar surface area (TPSA) is 38.3 Å². The standard InChI is InChI=1S/C8H11NO2/c1-2-3-4-9-7-5-8(10)11-6-7/h2,5,9H,1,3-4,6H2. The van der Waals surface area contributed by atoms with Crippen molar-refractivity contribution in [3.8, 4) is 0 Å². The minimum atomic E-state index is -0.258. The van der Waals surface area contributed by atoms with Crippen molar-refractivity contribution in [2.24, 2.45) is 0 Å². The minimum absolute atomic E-state index is 0.258. The number of rotatable bonds is 4. The Morgan fingerprint density at radius 2 is 2.64 bits per heavy atom. The quantitative estimate of drug-likeness (QED) is 0.365. The van der Waals surface area contributed by atoms with Crippen molar-refractivity contribution in [3.05, 3.63) is 24.4 Å². The zero-order chi connectivity index (χ0) is 8.10. The van der Waals surface area contributed by atoms with Gasteiger partial charge in [0.15, 0.2) is 0 Å². The molecule has 1 N–H and O–H groups in total. The smallest absolute Gasteiger partial charge is 0.333 e. The third kappa shape index (κ3) is 2.45. The summed E-state index contributed by atoms with van der Waals surface area (Å²) in [7, 11) is 0. The van der Waals surface area contributed by atoms with Crippen LogP contribution in [-0.4, -0.2) is 19.1 Å². The van der Waals surface area contributed by atoms with E-state index in [9.17, 15) is 4.79 Å². The van der Waals surface area contributed by atoms with Crippen LogP contribution in [0.4, 0.5) is 0 Å². The Morgan fingerprint density at radius 1 is 1.82 bits per heavy atom. The number of nitrogens with one attached hydrogen (secondary N) is 1. The Kier molecular flexibility index (Phi) is 2.72. The Hall–Kier alpha value is -1.25. The lowest BCUT2D eigenvalue weighted by Crippen LogP contribution is -2.14. The number of hydrogen-bond donors (Lipinski definition) is 1. The van der Waals surface area contributed by atoms with Crippen molar-refractivity contribution in [2.45, 2.75) is 6.42 Å². The first-order chi connectivity index (χ1) is 5.33. The van der Waals surface area contributed by atoms with Crippen LogP contribution in [0.5, 0.6) is 0 Å². The summed E-state index contributed by atoms with van der Waals surface area (Å²) in [6, 6.07) is 0. The minimum Gasteiger partial charge on any atom is -0.456 e. The van der Waals surface area contributed by atoms with E-state index in [0.29, 0.717) is 6.61 Å². The lowest BCUT2D eigenvalue weighted by atomic mass is 10.4. The fraction of sp³-hybridized carbons (Fsp3) is 0.375. The molecular weight excluding hydrogens is 142 g/mol. The molecule has 0 aromatic rings. The van der Waals surface area contributed by atoms with Crippen molar-refractivity contribution >= 4 is 5.97 Å². The van der Waals surface area contributed by atoms with E-state index in [1.54, 1.807) is 0 Å². The summed E-state index contributed by atoms with van der Waals surface area (Å²) in [4.78, 5) is 10.5. The van der Waals surface area contributed by atoms with Gasteiger partial charge in [-0.2, -0.15) is 0 Å². The van der Waals surface area contributed by atoms with Crippen LogP contribution in [0.25, 0.3) is 0 Å². The summed E-state index contributed by atoms with van der Waals surface area (Å²) in [6.45, 7) is 4.78. The fourth-order valence-electron chi connectivity index (χ4n) is 0.811. The summed E-state index contributed by atoms with van der Waals surface area (Å²) in [5, 5.41) is 3.06. The molecule has 0 unspecified atom stereocenters. The first-order valence-electron chi connectivity index (χ1n) is 3.55. The molecule has 0 amide bonds. The largest absolute Gasteiger partial charge is 0.456 e. The van der Waals surface area contributed by atoms with Gasteiger partial charge in [0, 0.05) is 12.6 Å². The van der Waals surface area contributed by atoms with E-state index < -0.39 is 0 Å². The summed E-state index contributed by atoms with van der Waals surface area (Å²) in [5.74, 6) is -0.258. The van der Waals surface area contributed by atoms with Crippen LogP contribution in [0.3, 0.4) is 0 Å². The van der Waals surface area contributed by atoms with Crippen molar-refractivity contribution in [1.29, 1.82) is 0 Å². The molecule has 1 aliphatic rings. The van der Waals surface area contributed by atoms with Gasteiger partial charge >= 0.3 is 5.97 Å². The first-order valence-corrected chi connectivity index (χ1v) is 3.55. The third-order valence-corrected chi connectivity index (χ3v) is 1.36. The molecule has 1 aliphatic heterocycles. The van der Waals surface area contributed by atoms with E-state index in [1.165, 1.54) is 6.08 Å². The monoisotopic (exact) mass is 153 g/mol. The second-order valence-electron chi connectivity index (χ2n) is 2.28. The van der Waals surface area contributed by atoms with Crippen molar-refractivity contribution in [2.75, 3.05) is 13.2 Å². The van der Waals surface area contributed by atoms with Crippen LogP contribution >= 0.6 is 0 Å². The molecule has 0 aromatic carbocycles. The molecule has 0 aromatic heterocycles. The van der Waals surface area contributed by atoms with Gasteiger partial charge in [-0.15, -0.1) is 6.58 Å². The molecular formula is C8H11NO2. The van der Waals surface area contributed by atoms with E-state index in [0.717, 1.165) is 18.7 Å². The number of hydrogen-bond acceptors (Lipinski definition) is 3. The first kappa shape index (κ1) is 7.85. The normalized spacial score (nSPS) is 15.6. The van der Waals surface area contributed by atoms with Crippen LogP contribution in [0, 0.1) is 0 Å². The van der Waals surface area contributed by atoms with Gasteiger partial charge in [0.05, 0.1) is 5.70 Å². The number of esters is 1. The van der Waals surface area contributed by atoms with E-state index in [4.69, 9.17) is 0 Å². The molecule has 1 heterocycles. The Labute approximate surface area is 65.7 Å². The number of carbonyl (C=O) groups excluding carboxylic acids is 1. The maximum atomic E-state index is 10.5. The average Bonchev–Trinajstić information content (AvgIpc) is 2.37. The Balaban J connectivity index is 2.21. The molecule has 0 spiro atoms. The van der Waals surface area contributed by atoms with Gasteiger partial charge in [-0.3, -0.25) is 0 Å². The van der Waals surface area contributed by atoms with Gasteiger partial charge in [-0.05, 0) is 6.42 Å². The number of carbonyl (C=O) groups is 1. The zero-order valence-corrected chi connectivity index (χ0v) is 6.30. The second-order valence-corrected chi connectivity index (χ2v) is 2.28. The summed E-state index contributed by atoms with van der Waals surface area (Å²) < 4.78 is 4.68. The van der Waals surface area contributed by atoms with Crippen LogP contribution in [0.2, 0.25) is 0 Å². The molecule has 0 saturated carbocycles. The van der Waals surface area contributed by atoms with Crippen LogP contribution in [-0.2, 0) is 9.53 Å². The van der Waals surface area contributed by atoms with E-state index in [1.807, 2.05) is 6.08 Å². The van der Waals surface area contributed by atoms with Gasteiger partial charge in [0.25, 0.3) is 0 Å². The van der Waals surface area contributed by atoms with E-state index >= 15 is 0 Å². The molecule has 11 heavy (non-hydrogen) atoms. The molecule has 0 saturated heterocycles. The van der Waals surface area contributed by atoms with Crippen LogP contribution in [0.1, 0.15) is 6.42 Å². The molecule has 3 nitrogen and oxygen atoms in total. The van der Waals surface area contributed by atoms with Gasteiger partial charge in [0.1, 0.15) is 6.61 Å². The lowest BCUT2D eigenvalue weighted by molar-refractivity contribution is -0.134. The van der Waals surface area contributed by atoms with Crippen molar-refractivity contribution in [3.63, 3.8) is 0 Å². The number of cyclic esters (lactones) is 1. The summed E-state index contributed by atoms with van der Waals surface area (Å²) >= 11 is 0. The van der Waals surface area contributed by atoms with Crippen LogP contribution < -0.4 is 5.32 Å². The molecule has 3 heteroatoms. The summed E-state index contributed by atoms with van der Waals surface area (Å²) in [6.07, 6.45) is 4.19. The number of ether oxygens (including phenoxy) is 1. The molecule has 0 bridgehead atoms. The van der Waals surface area contributed by atoms with Gasteiger partial charge < -0.3 is 10.1 Å². The Bertz CT molecular complexity index is 196. The molecule has 0 fully saturated rings. The highest BCUT2D eigenvalue weighted by molar-refractivity contribution is 5.85. The van der Waals surface area contributed by atoms with Gasteiger partial charge in [-0.1, -0.05) is 6.08 Å². The highest BCUT2D eigenvalue weighted by Gasteiger charge is 2.10. The molecule has 60 valence electrons. The average molecular weight is 153 g/mol.